The summed E-state index contributed by atoms with van der Waals surface area (Å²) < 4.78 is 43.5. The van der Waals surface area contributed by atoms with Gasteiger partial charge < -0.3 is 19.5 Å². The zero-order valence-electron chi connectivity index (χ0n) is 14.8. The highest BCUT2D eigenvalue weighted by Gasteiger charge is 2.29. The first kappa shape index (κ1) is 20.8. The van der Waals surface area contributed by atoms with Gasteiger partial charge in [0.05, 0.1) is 6.54 Å². The number of alkyl carbamates (subject to hydrolysis) is 1. The standard InChI is InChI=1S/C15H23F3N4O3/c1-10(20-13(24)25-14(2,3)4)12(23)21(5)8-11-19-6-7-22(11)9-15(16,17)18/h6-7,10H,8-9H2,1-5H3,(H,20,24)/t10-/m1/s1. The second kappa shape index (κ2) is 7.75. The molecule has 0 spiro atoms. The van der Waals surface area contributed by atoms with Gasteiger partial charge in [-0.3, -0.25) is 4.79 Å². The van der Waals surface area contributed by atoms with Gasteiger partial charge in [0.15, 0.2) is 0 Å². The molecule has 0 aliphatic rings. The second-order valence-electron chi connectivity index (χ2n) is 6.65. The van der Waals surface area contributed by atoms with Crippen LogP contribution < -0.4 is 5.32 Å². The quantitative estimate of drug-likeness (QED) is 0.870. The summed E-state index contributed by atoms with van der Waals surface area (Å²) in [6, 6.07) is -0.897. The van der Waals surface area contributed by atoms with Crippen molar-refractivity contribution in [3.05, 3.63) is 18.2 Å². The van der Waals surface area contributed by atoms with Crippen molar-refractivity contribution >= 4 is 12.0 Å². The van der Waals surface area contributed by atoms with Gasteiger partial charge in [0.25, 0.3) is 0 Å². The Hall–Kier alpha value is -2.26. The van der Waals surface area contributed by atoms with Gasteiger partial charge in [-0.1, -0.05) is 0 Å². The highest BCUT2D eigenvalue weighted by atomic mass is 19.4. The summed E-state index contributed by atoms with van der Waals surface area (Å²) in [5.41, 5.74) is -0.707. The molecule has 2 amide bonds. The van der Waals surface area contributed by atoms with E-state index in [0.717, 1.165) is 4.57 Å². The molecule has 0 aliphatic carbocycles. The molecular formula is C15H23F3N4O3. The van der Waals surface area contributed by atoms with E-state index in [1.54, 1.807) is 20.8 Å². The van der Waals surface area contributed by atoms with Crippen molar-refractivity contribution in [1.82, 2.24) is 19.8 Å². The van der Waals surface area contributed by atoms with Gasteiger partial charge in [0.2, 0.25) is 5.91 Å². The monoisotopic (exact) mass is 364 g/mol. The van der Waals surface area contributed by atoms with Gasteiger partial charge in [0, 0.05) is 19.4 Å². The number of likely N-dealkylation sites (N-methyl/N-ethyl adjacent to an activating group) is 1. The maximum absolute atomic E-state index is 12.5. The molecule has 7 nitrogen and oxygen atoms in total. The van der Waals surface area contributed by atoms with E-state index in [2.05, 4.69) is 10.3 Å². The molecule has 1 atom stereocenters. The van der Waals surface area contributed by atoms with Crippen molar-refractivity contribution in [2.24, 2.45) is 0 Å². The molecule has 0 fully saturated rings. The minimum absolute atomic E-state index is 0.0950. The lowest BCUT2D eigenvalue weighted by Crippen LogP contribution is -2.47. The van der Waals surface area contributed by atoms with Crippen LogP contribution in [-0.2, 0) is 22.6 Å². The summed E-state index contributed by atoms with van der Waals surface area (Å²) >= 11 is 0. The van der Waals surface area contributed by atoms with Gasteiger partial charge >= 0.3 is 12.3 Å². The van der Waals surface area contributed by atoms with E-state index in [-0.39, 0.29) is 12.4 Å². The number of hydrogen-bond donors (Lipinski definition) is 1. The summed E-state index contributed by atoms with van der Waals surface area (Å²) in [5.74, 6) is -0.384. The summed E-state index contributed by atoms with van der Waals surface area (Å²) in [6.45, 7) is 5.21. The van der Waals surface area contributed by atoms with E-state index in [9.17, 15) is 22.8 Å². The van der Waals surface area contributed by atoms with Gasteiger partial charge in [-0.2, -0.15) is 13.2 Å². The fraction of sp³-hybridized carbons (Fsp3) is 0.667. The number of carbonyl (C=O) groups excluding carboxylic acids is 2. The Bertz CT molecular complexity index is 608. The molecule has 0 bridgehead atoms. The number of carbonyl (C=O) groups is 2. The molecule has 0 saturated heterocycles. The van der Waals surface area contributed by atoms with E-state index in [0.29, 0.717) is 0 Å². The third-order valence-electron chi connectivity index (χ3n) is 3.01. The molecule has 0 radical (unpaired) electrons. The maximum atomic E-state index is 12.5. The Morgan fingerprint density at radius 1 is 1.36 bits per heavy atom. The molecule has 0 aliphatic heterocycles. The number of aromatic nitrogens is 2. The highest BCUT2D eigenvalue weighted by molar-refractivity contribution is 5.85. The molecule has 1 aromatic heterocycles. The molecule has 1 heterocycles. The lowest BCUT2D eigenvalue weighted by Gasteiger charge is -2.24. The Labute approximate surface area is 144 Å². The fourth-order valence-corrected chi connectivity index (χ4v) is 2.00. The number of rotatable bonds is 5. The van der Waals surface area contributed by atoms with Crippen LogP contribution in [0.5, 0.6) is 0 Å². The number of imidazole rings is 1. The van der Waals surface area contributed by atoms with Gasteiger partial charge in [-0.05, 0) is 27.7 Å². The van der Waals surface area contributed by atoms with Crippen LogP contribution in [0.3, 0.4) is 0 Å². The normalized spacial score (nSPS) is 13.3. The Balaban J connectivity index is 2.65. The third-order valence-corrected chi connectivity index (χ3v) is 3.01. The average molecular weight is 364 g/mol. The predicted octanol–water partition coefficient (Wildman–Crippen LogP) is 2.32. The van der Waals surface area contributed by atoms with Crippen LogP contribution in [-0.4, -0.2) is 51.3 Å². The van der Waals surface area contributed by atoms with Crippen LogP contribution in [0.4, 0.5) is 18.0 Å². The molecular weight excluding hydrogens is 341 g/mol. The molecule has 25 heavy (non-hydrogen) atoms. The van der Waals surface area contributed by atoms with E-state index < -0.39 is 36.4 Å². The molecule has 1 rings (SSSR count). The molecule has 0 aromatic carbocycles. The minimum atomic E-state index is -4.39. The van der Waals surface area contributed by atoms with Crippen LogP contribution in [0.2, 0.25) is 0 Å². The number of alkyl halides is 3. The van der Waals surface area contributed by atoms with E-state index >= 15 is 0 Å². The first-order valence-electron chi connectivity index (χ1n) is 7.60. The minimum Gasteiger partial charge on any atom is -0.444 e. The number of hydrogen-bond acceptors (Lipinski definition) is 4. The number of halogens is 3. The first-order chi connectivity index (χ1) is 11.3. The Morgan fingerprint density at radius 2 is 1.96 bits per heavy atom. The van der Waals surface area contributed by atoms with Gasteiger partial charge in [-0.15, -0.1) is 0 Å². The summed E-state index contributed by atoms with van der Waals surface area (Å²) in [6.07, 6.45) is -2.70. The number of amides is 2. The van der Waals surface area contributed by atoms with Crippen molar-refractivity contribution in [1.29, 1.82) is 0 Å². The summed E-state index contributed by atoms with van der Waals surface area (Å²) in [4.78, 5) is 29.0. The van der Waals surface area contributed by atoms with Crippen LogP contribution in [0.1, 0.15) is 33.5 Å². The summed E-state index contributed by atoms with van der Waals surface area (Å²) in [7, 11) is 1.42. The number of nitrogens with zero attached hydrogens (tertiary/aromatic N) is 3. The van der Waals surface area contributed by atoms with E-state index in [4.69, 9.17) is 4.74 Å². The van der Waals surface area contributed by atoms with E-state index in [1.165, 1.54) is 31.3 Å². The molecule has 0 saturated carbocycles. The molecule has 1 aromatic rings. The highest BCUT2D eigenvalue weighted by Crippen LogP contribution is 2.18. The third kappa shape index (κ3) is 7.44. The topological polar surface area (TPSA) is 76.5 Å². The number of nitrogens with one attached hydrogen (secondary N) is 1. The van der Waals surface area contributed by atoms with Crippen LogP contribution in [0.15, 0.2) is 12.4 Å². The van der Waals surface area contributed by atoms with Crippen molar-refractivity contribution in [3.63, 3.8) is 0 Å². The van der Waals surface area contributed by atoms with Crippen LogP contribution in [0.25, 0.3) is 0 Å². The Morgan fingerprint density at radius 3 is 2.48 bits per heavy atom. The molecule has 0 unspecified atom stereocenters. The number of ether oxygens (including phenoxy) is 1. The van der Waals surface area contributed by atoms with Gasteiger partial charge in [-0.25, -0.2) is 9.78 Å². The summed E-state index contributed by atoms with van der Waals surface area (Å²) in [5, 5.41) is 2.39. The van der Waals surface area contributed by atoms with Gasteiger partial charge in [0.1, 0.15) is 24.0 Å². The SMILES string of the molecule is C[C@@H](NC(=O)OC(C)(C)C)C(=O)N(C)Cc1nccn1CC(F)(F)F. The van der Waals surface area contributed by atoms with Crippen molar-refractivity contribution in [3.8, 4) is 0 Å². The van der Waals surface area contributed by atoms with Crippen molar-refractivity contribution < 1.29 is 27.5 Å². The predicted molar refractivity (Wildman–Crippen MR) is 83.6 cm³/mol. The molecule has 10 heteroatoms. The fourth-order valence-electron chi connectivity index (χ4n) is 2.00. The van der Waals surface area contributed by atoms with Crippen LogP contribution >= 0.6 is 0 Å². The van der Waals surface area contributed by atoms with Crippen molar-refractivity contribution in [2.45, 2.75) is 58.6 Å². The zero-order chi connectivity index (χ0) is 19.4. The average Bonchev–Trinajstić information content (AvgIpc) is 2.80. The van der Waals surface area contributed by atoms with Crippen LogP contribution in [0, 0.1) is 0 Å². The first-order valence-corrected chi connectivity index (χ1v) is 7.60. The largest absolute Gasteiger partial charge is 0.444 e. The molecule has 1 N–H and O–H groups in total. The maximum Gasteiger partial charge on any atom is 0.408 e. The Kier molecular flexibility index (Phi) is 6.44. The second-order valence-corrected chi connectivity index (χ2v) is 6.65. The lowest BCUT2D eigenvalue weighted by atomic mass is 10.2. The smallest absolute Gasteiger partial charge is 0.408 e. The zero-order valence-corrected chi connectivity index (χ0v) is 14.8. The van der Waals surface area contributed by atoms with E-state index in [1.807, 2.05) is 0 Å². The molecule has 142 valence electrons. The lowest BCUT2D eigenvalue weighted by molar-refractivity contribution is -0.141. The van der Waals surface area contributed by atoms with Crippen molar-refractivity contribution in [2.75, 3.05) is 7.05 Å².